The van der Waals surface area contributed by atoms with Crippen LogP contribution in [0.2, 0.25) is 0 Å². The molecule has 0 aromatic carbocycles. The molecule has 1 aliphatic carbocycles. The molecule has 4 heteroatoms. The molecule has 2 atom stereocenters. The van der Waals surface area contributed by atoms with E-state index < -0.39 is 0 Å². The highest BCUT2D eigenvalue weighted by molar-refractivity contribution is 7.07. The van der Waals surface area contributed by atoms with Gasteiger partial charge in [0.05, 0.1) is 6.04 Å². The highest BCUT2D eigenvalue weighted by Crippen LogP contribution is 2.59. The fraction of sp³-hybridized carbons (Fsp3) is 0.688. The third-order valence-electron chi connectivity index (χ3n) is 5.55. The normalized spacial score (nSPS) is 31.7. The first-order valence-corrected chi connectivity index (χ1v) is 8.78. The fourth-order valence-electron chi connectivity index (χ4n) is 4.22. The van der Waals surface area contributed by atoms with Gasteiger partial charge >= 0.3 is 0 Å². The number of carbonyl (C=O) groups excluding carboxylic acids is 1. The molecule has 3 aliphatic rings. The first-order chi connectivity index (χ1) is 9.80. The first kappa shape index (κ1) is 12.8. The molecular formula is C16H22N2OS. The van der Waals surface area contributed by atoms with Crippen LogP contribution in [-0.2, 0) is 4.79 Å². The molecular weight excluding hydrogens is 268 g/mol. The first-order valence-electron chi connectivity index (χ1n) is 7.83. The minimum Gasteiger partial charge on any atom is -0.335 e. The Morgan fingerprint density at radius 3 is 3.00 bits per heavy atom. The zero-order valence-corrected chi connectivity index (χ0v) is 12.6. The molecule has 20 heavy (non-hydrogen) atoms. The second-order valence-electron chi connectivity index (χ2n) is 6.62. The van der Waals surface area contributed by atoms with E-state index in [2.05, 4.69) is 27.0 Å². The van der Waals surface area contributed by atoms with E-state index in [0.29, 0.717) is 23.3 Å². The molecule has 2 aliphatic heterocycles. The summed E-state index contributed by atoms with van der Waals surface area (Å²) in [6, 6.07) is 2.54. The Balaban J connectivity index is 1.49. The minimum absolute atomic E-state index is 0.323. The molecule has 3 nitrogen and oxygen atoms in total. The summed E-state index contributed by atoms with van der Waals surface area (Å²) >= 11 is 1.74. The number of piperidine rings is 1. The number of nitrogens with zero attached hydrogens (tertiary/aromatic N) is 1. The lowest BCUT2D eigenvalue weighted by molar-refractivity contribution is -0.134. The topological polar surface area (TPSA) is 32.3 Å². The molecule has 0 radical (unpaired) electrons. The van der Waals surface area contributed by atoms with Crippen molar-refractivity contribution >= 4 is 17.2 Å². The monoisotopic (exact) mass is 290 g/mol. The Kier molecular flexibility index (Phi) is 3.11. The van der Waals surface area contributed by atoms with Crippen molar-refractivity contribution in [3.63, 3.8) is 0 Å². The Labute approximate surface area is 124 Å². The molecule has 1 amide bonds. The summed E-state index contributed by atoms with van der Waals surface area (Å²) in [5.41, 5.74) is 1.71. The molecule has 1 aromatic heterocycles. The largest absolute Gasteiger partial charge is 0.335 e. The summed E-state index contributed by atoms with van der Waals surface area (Å²) in [5.74, 6) is 0.768. The second kappa shape index (κ2) is 4.85. The van der Waals surface area contributed by atoms with Crippen molar-refractivity contribution < 1.29 is 4.79 Å². The van der Waals surface area contributed by atoms with Crippen molar-refractivity contribution in [2.75, 3.05) is 19.6 Å². The van der Waals surface area contributed by atoms with Gasteiger partial charge in [0.2, 0.25) is 5.91 Å². The van der Waals surface area contributed by atoms with Crippen molar-refractivity contribution in [1.29, 1.82) is 0 Å². The van der Waals surface area contributed by atoms with Crippen LogP contribution in [0.1, 0.15) is 43.7 Å². The van der Waals surface area contributed by atoms with E-state index in [9.17, 15) is 4.79 Å². The smallest absolute Gasteiger partial charge is 0.226 e. The number of amides is 1. The lowest BCUT2D eigenvalue weighted by Gasteiger charge is -2.28. The van der Waals surface area contributed by atoms with Crippen LogP contribution in [0, 0.1) is 11.3 Å². The average Bonchev–Trinajstić information content (AvgIpc) is 2.95. The lowest BCUT2D eigenvalue weighted by Crippen LogP contribution is -2.36. The van der Waals surface area contributed by atoms with Crippen LogP contribution < -0.4 is 5.32 Å². The van der Waals surface area contributed by atoms with Crippen molar-refractivity contribution in [1.82, 2.24) is 10.2 Å². The van der Waals surface area contributed by atoms with Gasteiger partial charge in [0.1, 0.15) is 0 Å². The van der Waals surface area contributed by atoms with Crippen LogP contribution in [0.5, 0.6) is 0 Å². The van der Waals surface area contributed by atoms with Gasteiger partial charge in [-0.15, -0.1) is 0 Å². The summed E-state index contributed by atoms with van der Waals surface area (Å²) in [5, 5.41) is 7.76. The fourth-order valence-corrected chi connectivity index (χ4v) is 4.92. The maximum atomic E-state index is 12.9. The van der Waals surface area contributed by atoms with Gasteiger partial charge in [0, 0.05) is 12.5 Å². The van der Waals surface area contributed by atoms with E-state index in [1.54, 1.807) is 11.3 Å². The molecule has 4 rings (SSSR count). The van der Waals surface area contributed by atoms with E-state index in [0.717, 1.165) is 38.9 Å². The van der Waals surface area contributed by atoms with Gasteiger partial charge in [-0.25, -0.2) is 0 Å². The zero-order valence-electron chi connectivity index (χ0n) is 11.8. The van der Waals surface area contributed by atoms with Gasteiger partial charge in [0.25, 0.3) is 0 Å². The van der Waals surface area contributed by atoms with E-state index in [1.165, 1.54) is 18.4 Å². The van der Waals surface area contributed by atoms with E-state index in [-0.39, 0.29) is 0 Å². The quantitative estimate of drug-likeness (QED) is 0.908. The van der Waals surface area contributed by atoms with Crippen molar-refractivity contribution in [3.05, 3.63) is 22.4 Å². The number of rotatable bonds is 2. The lowest BCUT2D eigenvalue weighted by atomic mass is 9.91. The van der Waals surface area contributed by atoms with E-state index in [1.807, 2.05) is 0 Å². The highest BCUT2D eigenvalue weighted by atomic mass is 32.1. The number of hydrogen-bond donors (Lipinski definition) is 1. The summed E-state index contributed by atoms with van der Waals surface area (Å²) in [6.07, 6.45) is 5.83. The summed E-state index contributed by atoms with van der Waals surface area (Å²) < 4.78 is 0. The molecule has 1 saturated carbocycles. The predicted molar refractivity (Wildman–Crippen MR) is 80.7 cm³/mol. The molecule has 2 saturated heterocycles. The standard InChI is InChI=1S/C16H22N2OS/c19-15(13-10-16(13)4-6-17-7-5-16)18-8-1-2-14(18)12-3-9-20-11-12/h3,9,11,13-14,17H,1-2,4-8,10H2. The van der Waals surface area contributed by atoms with Crippen molar-refractivity contribution in [2.45, 2.75) is 38.1 Å². The molecule has 1 spiro atoms. The van der Waals surface area contributed by atoms with Gasteiger partial charge < -0.3 is 10.2 Å². The third-order valence-corrected chi connectivity index (χ3v) is 6.25. The molecule has 108 valence electrons. The van der Waals surface area contributed by atoms with Crippen molar-refractivity contribution in [2.24, 2.45) is 11.3 Å². The van der Waals surface area contributed by atoms with Gasteiger partial charge in [-0.1, -0.05) is 0 Å². The molecule has 3 heterocycles. The Morgan fingerprint density at radius 2 is 2.25 bits per heavy atom. The summed E-state index contributed by atoms with van der Waals surface area (Å²) in [7, 11) is 0. The SMILES string of the molecule is O=C(C1CC12CCNCC2)N1CCCC1c1ccsc1. The molecule has 0 bridgehead atoms. The molecule has 1 aromatic rings. The summed E-state index contributed by atoms with van der Waals surface area (Å²) in [4.78, 5) is 15.1. The van der Waals surface area contributed by atoms with Crippen LogP contribution in [0.15, 0.2) is 16.8 Å². The maximum absolute atomic E-state index is 12.9. The Bertz CT molecular complexity index is 493. The van der Waals surface area contributed by atoms with Crippen LogP contribution in [0.3, 0.4) is 0 Å². The zero-order chi connectivity index (χ0) is 13.6. The van der Waals surface area contributed by atoms with E-state index in [4.69, 9.17) is 0 Å². The van der Waals surface area contributed by atoms with Gasteiger partial charge in [-0.2, -0.15) is 11.3 Å². The third kappa shape index (κ3) is 2.01. The van der Waals surface area contributed by atoms with Gasteiger partial charge in [0.15, 0.2) is 0 Å². The van der Waals surface area contributed by atoms with Crippen LogP contribution >= 0.6 is 11.3 Å². The molecule has 1 N–H and O–H groups in total. The Morgan fingerprint density at radius 1 is 1.40 bits per heavy atom. The summed E-state index contributed by atoms with van der Waals surface area (Å²) in [6.45, 7) is 3.15. The number of nitrogens with one attached hydrogen (secondary N) is 1. The van der Waals surface area contributed by atoms with Gasteiger partial charge in [-0.3, -0.25) is 4.79 Å². The van der Waals surface area contributed by atoms with E-state index >= 15 is 0 Å². The van der Waals surface area contributed by atoms with Gasteiger partial charge in [-0.05, 0) is 73.0 Å². The highest BCUT2D eigenvalue weighted by Gasteiger charge is 2.59. The molecule has 3 fully saturated rings. The van der Waals surface area contributed by atoms with Crippen LogP contribution in [0.4, 0.5) is 0 Å². The predicted octanol–water partition coefficient (Wildman–Crippen LogP) is 2.80. The molecule has 2 unspecified atom stereocenters. The van der Waals surface area contributed by atoms with Crippen molar-refractivity contribution in [3.8, 4) is 0 Å². The number of likely N-dealkylation sites (tertiary alicyclic amines) is 1. The number of thiophene rings is 1. The maximum Gasteiger partial charge on any atom is 0.226 e. The van der Waals surface area contributed by atoms with Crippen LogP contribution in [-0.4, -0.2) is 30.4 Å². The average molecular weight is 290 g/mol. The minimum atomic E-state index is 0.323. The number of hydrogen-bond acceptors (Lipinski definition) is 3. The second-order valence-corrected chi connectivity index (χ2v) is 7.40. The Hall–Kier alpha value is -0.870. The van der Waals surface area contributed by atoms with Crippen LogP contribution in [0.25, 0.3) is 0 Å². The number of carbonyl (C=O) groups is 1.